The van der Waals surface area contributed by atoms with Crippen LogP contribution in [-0.2, 0) is 13.5 Å². The van der Waals surface area contributed by atoms with Gasteiger partial charge in [-0.1, -0.05) is 6.07 Å². The van der Waals surface area contributed by atoms with E-state index in [1.54, 1.807) is 0 Å². The number of nitrogens with one attached hydrogen (secondary N) is 1. The van der Waals surface area contributed by atoms with Gasteiger partial charge in [-0.25, -0.2) is 4.39 Å². The number of aromatic nitrogens is 2. The summed E-state index contributed by atoms with van der Waals surface area (Å²) in [5.41, 5.74) is 3.52. The number of rotatable bonds is 4. The maximum Gasteiger partial charge on any atom is 0.126 e. The number of nitrogens with zero attached hydrogens (tertiary/aromatic N) is 2. The molecule has 2 aromatic rings. The van der Waals surface area contributed by atoms with Crippen molar-refractivity contribution in [3.8, 4) is 5.75 Å². The molecule has 2 heterocycles. The molecular weight excluding hydrogens is 281 g/mol. The van der Waals surface area contributed by atoms with E-state index in [2.05, 4.69) is 17.3 Å². The Hall–Kier alpha value is -1.88. The Morgan fingerprint density at radius 3 is 3.09 bits per heavy atom. The first-order valence-corrected chi connectivity index (χ1v) is 7.78. The third-order valence-corrected chi connectivity index (χ3v) is 4.37. The highest BCUT2D eigenvalue weighted by Crippen LogP contribution is 2.32. The number of fused-ring (bicyclic) bond motifs is 1. The molecule has 0 radical (unpaired) electrons. The molecule has 0 unspecified atom stereocenters. The van der Waals surface area contributed by atoms with Crippen molar-refractivity contribution in [2.24, 2.45) is 7.05 Å². The molecule has 1 atom stereocenters. The molecule has 5 heteroatoms. The van der Waals surface area contributed by atoms with E-state index < -0.39 is 0 Å². The second-order valence-electron chi connectivity index (χ2n) is 5.81. The van der Waals surface area contributed by atoms with Crippen LogP contribution in [0.15, 0.2) is 24.4 Å². The van der Waals surface area contributed by atoms with Gasteiger partial charge in [0.05, 0.1) is 12.8 Å². The lowest BCUT2D eigenvalue weighted by Gasteiger charge is -2.18. The number of ether oxygens (including phenoxy) is 1. The highest BCUT2D eigenvalue weighted by atomic mass is 19.1. The summed E-state index contributed by atoms with van der Waals surface area (Å²) in [5.74, 6) is 0.429. The van der Waals surface area contributed by atoms with E-state index in [0.29, 0.717) is 12.4 Å². The summed E-state index contributed by atoms with van der Waals surface area (Å²) in [4.78, 5) is 0. The van der Waals surface area contributed by atoms with Crippen LogP contribution in [0.4, 0.5) is 4.39 Å². The number of aryl methyl sites for hydroxylation is 1. The predicted molar refractivity (Wildman–Crippen MR) is 83.5 cm³/mol. The molecule has 118 valence electrons. The van der Waals surface area contributed by atoms with Crippen LogP contribution in [-0.4, -0.2) is 22.9 Å². The van der Waals surface area contributed by atoms with Gasteiger partial charge in [-0.3, -0.25) is 4.68 Å². The van der Waals surface area contributed by atoms with Gasteiger partial charge in [0.2, 0.25) is 0 Å². The van der Waals surface area contributed by atoms with E-state index >= 15 is 0 Å². The second kappa shape index (κ2) is 6.48. The lowest BCUT2D eigenvalue weighted by molar-refractivity contribution is 0.314. The SMILES string of the molecule is Cc1c(CCN[C@@H]2CCCOc3cc(F)ccc32)cnn1C. The van der Waals surface area contributed by atoms with Crippen LogP contribution in [0.25, 0.3) is 0 Å². The molecule has 1 aliphatic rings. The Bertz CT molecular complexity index is 653. The highest BCUT2D eigenvalue weighted by Gasteiger charge is 2.19. The van der Waals surface area contributed by atoms with Gasteiger partial charge < -0.3 is 10.1 Å². The number of hydrogen-bond acceptors (Lipinski definition) is 3. The molecule has 0 aliphatic carbocycles. The maximum absolute atomic E-state index is 13.4. The van der Waals surface area contributed by atoms with Crippen LogP contribution in [0, 0.1) is 12.7 Å². The Labute approximate surface area is 130 Å². The van der Waals surface area contributed by atoms with Crippen molar-refractivity contribution >= 4 is 0 Å². The summed E-state index contributed by atoms with van der Waals surface area (Å²) in [6, 6.07) is 5.05. The van der Waals surface area contributed by atoms with Gasteiger partial charge in [0.15, 0.2) is 0 Å². The Morgan fingerprint density at radius 1 is 1.45 bits per heavy atom. The van der Waals surface area contributed by atoms with Gasteiger partial charge in [-0.05, 0) is 44.4 Å². The Kier molecular flexibility index (Phi) is 4.43. The first-order chi connectivity index (χ1) is 10.6. The zero-order valence-corrected chi connectivity index (χ0v) is 13.1. The number of halogens is 1. The van der Waals surface area contributed by atoms with Gasteiger partial charge in [0.1, 0.15) is 11.6 Å². The third kappa shape index (κ3) is 3.14. The van der Waals surface area contributed by atoms with E-state index in [1.165, 1.54) is 23.4 Å². The number of benzene rings is 1. The molecule has 0 bridgehead atoms. The molecule has 22 heavy (non-hydrogen) atoms. The fourth-order valence-electron chi connectivity index (χ4n) is 2.93. The summed E-state index contributed by atoms with van der Waals surface area (Å²) in [6.07, 6.45) is 4.84. The molecule has 1 aliphatic heterocycles. The summed E-state index contributed by atoms with van der Waals surface area (Å²) < 4.78 is 20.9. The standard InChI is InChI=1S/C17H22FN3O/c1-12-13(11-20-21(12)2)7-8-19-16-4-3-9-22-17-10-14(18)5-6-15(16)17/h5-6,10-11,16,19H,3-4,7-9H2,1-2H3/t16-/m1/s1. The Balaban J connectivity index is 1.66. The van der Waals surface area contributed by atoms with Gasteiger partial charge in [-0.15, -0.1) is 0 Å². The largest absolute Gasteiger partial charge is 0.493 e. The molecule has 1 N–H and O–H groups in total. The van der Waals surface area contributed by atoms with Crippen LogP contribution in [0.2, 0.25) is 0 Å². The summed E-state index contributed by atoms with van der Waals surface area (Å²) in [5, 5.41) is 7.85. The monoisotopic (exact) mass is 303 g/mol. The Morgan fingerprint density at radius 2 is 2.32 bits per heavy atom. The molecular formula is C17H22FN3O. The van der Waals surface area contributed by atoms with Crippen molar-refractivity contribution < 1.29 is 9.13 Å². The average Bonchev–Trinajstić information content (AvgIpc) is 2.72. The average molecular weight is 303 g/mol. The molecule has 0 amide bonds. The minimum atomic E-state index is -0.245. The van der Waals surface area contributed by atoms with Gasteiger partial charge >= 0.3 is 0 Å². The first kappa shape index (κ1) is 15.0. The van der Waals surface area contributed by atoms with Crippen molar-refractivity contribution in [1.29, 1.82) is 0 Å². The molecule has 0 saturated heterocycles. The van der Waals surface area contributed by atoms with Crippen molar-refractivity contribution in [2.75, 3.05) is 13.2 Å². The quantitative estimate of drug-likeness (QED) is 0.944. The van der Waals surface area contributed by atoms with Crippen molar-refractivity contribution in [1.82, 2.24) is 15.1 Å². The van der Waals surface area contributed by atoms with Gasteiger partial charge in [-0.2, -0.15) is 5.10 Å². The van der Waals surface area contributed by atoms with Gasteiger partial charge in [0.25, 0.3) is 0 Å². The van der Waals surface area contributed by atoms with Crippen LogP contribution in [0.3, 0.4) is 0 Å². The van der Waals surface area contributed by atoms with Gasteiger partial charge in [0, 0.05) is 30.4 Å². The van der Waals surface area contributed by atoms with E-state index in [-0.39, 0.29) is 11.9 Å². The smallest absolute Gasteiger partial charge is 0.126 e. The molecule has 1 aromatic heterocycles. The minimum Gasteiger partial charge on any atom is -0.493 e. The molecule has 0 saturated carbocycles. The minimum absolute atomic E-state index is 0.218. The fourth-order valence-corrected chi connectivity index (χ4v) is 2.93. The van der Waals surface area contributed by atoms with E-state index in [4.69, 9.17) is 4.74 Å². The lowest BCUT2D eigenvalue weighted by atomic mass is 10.0. The van der Waals surface area contributed by atoms with E-state index in [9.17, 15) is 4.39 Å². The molecule has 0 fully saturated rings. The van der Waals surface area contributed by atoms with Crippen LogP contribution in [0.5, 0.6) is 5.75 Å². The van der Waals surface area contributed by atoms with E-state index in [0.717, 1.165) is 31.4 Å². The van der Waals surface area contributed by atoms with Crippen molar-refractivity contribution in [3.05, 3.63) is 47.0 Å². The summed E-state index contributed by atoms with van der Waals surface area (Å²) in [7, 11) is 1.96. The fraction of sp³-hybridized carbons (Fsp3) is 0.471. The second-order valence-corrected chi connectivity index (χ2v) is 5.81. The summed E-state index contributed by atoms with van der Waals surface area (Å²) in [6.45, 7) is 3.60. The maximum atomic E-state index is 13.4. The lowest BCUT2D eigenvalue weighted by Crippen LogP contribution is -2.23. The molecule has 1 aromatic carbocycles. The van der Waals surface area contributed by atoms with Crippen LogP contribution in [0.1, 0.15) is 35.7 Å². The van der Waals surface area contributed by atoms with Crippen LogP contribution < -0.4 is 10.1 Å². The van der Waals surface area contributed by atoms with Crippen molar-refractivity contribution in [3.63, 3.8) is 0 Å². The van der Waals surface area contributed by atoms with Crippen LogP contribution >= 0.6 is 0 Å². The zero-order chi connectivity index (χ0) is 15.5. The first-order valence-electron chi connectivity index (χ1n) is 7.78. The zero-order valence-electron chi connectivity index (χ0n) is 13.1. The summed E-state index contributed by atoms with van der Waals surface area (Å²) >= 11 is 0. The molecule has 0 spiro atoms. The van der Waals surface area contributed by atoms with E-state index in [1.807, 2.05) is 24.0 Å². The normalized spacial score (nSPS) is 17.7. The molecule has 4 nitrogen and oxygen atoms in total. The topological polar surface area (TPSA) is 39.1 Å². The highest BCUT2D eigenvalue weighted by molar-refractivity contribution is 5.37. The van der Waals surface area contributed by atoms with Crippen molar-refractivity contribution in [2.45, 2.75) is 32.2 Å². The number of hydrogen-bond donors (Lipinski definition) is 1. The molecule has 3 rings (SSSR count). The third-order valence-electron chi connectivity index (χ3n) is 4.37. The predicted octanol–water partition coefficient (Wildman–Crippen LogP) is 2.91.